The first kappa shape index (κ1) is 36.3. The van der Waals surface area contributed by atoms with Crippen LogP contribution < -0.4 is 5.32 Å². The summed E-state index contributed by atoms with van der Waals surface area (Å²) in [4.78, 5) is 35.3. The lowest BCUT2D eigenvalue weighted by Crippen LogP contribution is -2.57. The lowest BCUT2D eigenvalue weighted by Gasteiger charge is -2.34. The molecule has 3 N–H and O–H groups in total. The van der Waals surface area contributed by atoms with Crippen LogP contribution >= 0.6 is 11.3 Å². The number of aromatic hydroxyl groups is 1. The minimum Gasteiger partial charge on any atom is -0.508 e. The van der Waals surface area contributed by atoms with E-state index in [1.165, 1.54) is 33.8 Å². The number of aliphatic hydroxyl groups excluding tert-OH is 1. The molecule has 0 saturated carbocycles. The van der Waals surface area contributed by atoms with Crippen LogP contribution in [0, 0.1) is 25.7 Å². The highest BCUT2D eigenvalue weighted by molar-refractivity contribution is 7.89. The van der Waals surface area contributed by atoms with E-state index in [2.05, 4.69) is 10.3 Å². The molecule has 0 spiro atoms. The summed E-state index contributed by atoms with van der Waals surface area (Å²) < 4.78 is 28.9. The number of rotatable bonds is 15. The third-order valence-corrected chi connectivity index (χ3v) is 10.9. The standard InChI is InChI=1S/C34H47N5O6S2/c1-22(2)18-38(47(44,45)28-12-13-30(40)24(5)16-28)20-31(41)29(17-26-10-8-7-9-11-26)36-33(42)32(23(3)4)39-15-14-37(34(39)43)19-27-21-46-25(6)35-27/h7-13,16,21-23,29,31-32,40-41H,14-15,17-20H2,1-6H3,(H,36,42)/t29-,31+,32?/m0/s1. The largest absolute Gasteiger partial charge is 0.508 e. The van der Waals surface area contributed by atoms with Crippen LogP contribution in [0.15, 0.2) is 58.8 Å². The van der Waals surface area contributed by atoms with Crippen LogP contribution in [-0.2, 0) is 27.8 Å². The Morgan fingerprint density at radius 3 is 2.36 bits per heavy atom. The fraction of sp³-hybridized carbons (Fsp3) is 0.500. The lowest BCUT2D eigenvalue weighted by molar-refractivity contribution is -0.128. The van der Waals surface area contributed by atoms with Gasteiger partial charge in [-0.15, -0.1) is 11.3 Å². The molecule has 0 aliphatic carbocycles. The highest BCUT2D eigenvalue weighted by Crippen LogP contribution is 2.25. The summed E-state index contributed by atoms with van der Waals surface area (Å²) >= 11 is 1.52. The van der Waals surface area contributed by atoms with Crippen LogP contribution in [0.1, 0.15) is 49.5 Å². The third-order valence-electron chi connectivity index (χ3n) is 8.24. The van der Waals surface area contributed by atoms with Gasteiger partial charge in [0, 0.05) is 31.6 Å². The van der Waals surface area contributed by atoms with E-state index in [0.717, 1.165) is 16.3 Å². The smallest absolute Gasteiger partial charge is 0.321 e. The van der Waals surface area contributed by atoms with E-state index in [9.17, 15) is 28.2 Å². The number of carbonyl (C=O) groups excluding carboxylic acids is 2. The Bertz CT molecular complexity index is 1630. The molecule has 1 aliphatic rings. The summed E-state index contributed by atoms with van der Waals surface area (Å²) in [6, 6.07) is 11.6. The Kier molecular flexibility index (Phi) is 12.0. The zero-order chi connectivity index (χ0) is 34.5. The van der Waals surface area contributed by atoms with Gasteiger partial charge in [0.1, 0.15) is 11.8 Å². The van der Waals surface area contributed by atoms with Crippen molar-refractivity contribution in [3.05, 3.63) is 75.7 Å². The summed E-state index contributed by atoms with van der Waals surface area (Å²) in [5.74, 6) is -0.708. The molecule has 47 heavy (non-hydrogen) atoms. The van der Waals surface area contributed by atoms with E-state index in [1.807, 2.05) is 70.3 Å². The molecule has 11 nitrogen and oxygen atoms in total. The van der Waals surface area contributed by atoms with Gasteiger partial charge in [0.15, 0.2) is 0 Å². The van der Waals surface area contributed by atoms with Crippen molar-refractivity contribution in [2.45, 2.75) is 77.6 Å². The van der Waals surface area contributed by atoms with Gasteiger partial charge >= 0.3 is 6.03 Å². The van der Waals surface area contributed by atoms with Gasteiger partial charge in [0.05, 0.1) is 34.3 Å². The number of urea groups is 1. The Balaban J connectivity index is 1.58. The average Bonchev–Trinajstić information content (AvgIpc) is 3.58. The van der Waals surface area contributed by atoms with E-state index >= 15 is 0 Å². The normalized spacial score (nSPS) is 15.9. The number of aliphatic hydroxyl groups is 1. The minimum atomic E-state index is -4.06. The lowest BCUT2D eigenvalue weighted by atomic mass is 9.97. The molecule has 256 valence electrons. The SMILES string of the molecule is Cc1nc(CN2CCN(C(C(=O)N[C@@H](Cc3ccccc3)[C@H](O)CN(CC(C)C)S(=O)(=O)c3ccc(O)c(C)c3)C(C)C)C2=O)cs1. The number of phenolic OH excluding ortho intramolecular Hbond substituents is 1. The van der Waals surface area contributed by atoms with Gasteiger partial charge in [0.25, 0.3) is 0 Å². The number of nitrogens with one attached hydrogen (secondary N) is 1. The maximum Gasteiger partial charge on any atom is 0.321 e. The molecule has 1 aromatic heterocycles. The topological polar surface area (TPSA) is 143 Å². The van der Waals surface area contributed by atoms with Crippen LogP contribution in [0.3, 0.4) is 0 Å². The van der Waals surface area contributed by atoms with E-state index in [0.29, 0.717) is 25.2 Å². The molecule has 1 aliphatic heterocycles. The summed E-state index contributed by atoms with van der Waals surface area (Å²) in [5, 5.41) is 27.5. The first-order valence-electron chi connectivity index (χ1n) is 16.0. The van der Waals surface area contributed by atoms with Gasteiger partial charge in [-0.3, -0.25) is 4.79 Å². The molecule has 4 rings (SSSR count). The fourth-order valence-corrected chi connectivity index (χ4v) is 8.17. The van der Waals surface area contributed by atoms with Crippen molar-refractivity contribution in [1.29, 1.82) is 0 Å². The van der Waals surface area contributed by atoms with Crippen molar-refractivity contribution >= 4 is 33.3 Å². The third kappa shape index (κ3) is 9.10. The summed E-state index contributed by atoms with van der Waals surface area (Å²) in [7, 11) is -4.06. The molecule has 0 radical (unpaired) electrons. The van der Waals surface area contributed by atoms with Crippen LogP contribution in [-0.4, -0.2) is 94.0 Å². The second kappa shape index (κ2) is 15.6. The molecule has 2 heterocycles. The van der Waals surface area contributed by atoms with E-state index in [-0.39, 0.29) is 48.0 Å². The number of hydrogen-bond donors (Lipinski definition) is 3. The maximum absolute atomic E-state index is 14.0. The number of hydrogen-bond acceptors (Lipinski definition) is 8. The summed E-state index contributed by atoms with van der Waals surface area (Å²) in [5.41, 5.74) is 2.08. The average molecular weight is 686 g/mol. The molecular weight excluding hydrogens is 639 g/mol. The molecule has 3 aromatic rings. The predicted molar refractivity (Wildman–Crippen MR) is 183 cm³/mol. The number of aromatic nitrogens is 1. The second-order valence-corrected chi connectivity index (χ2v) is 16.0. The molecule has 1 saturated heterocycles. The first-order chi connectivity index (χ1) is 22.2. The molecule has 13 heteroatoms. The van der Waals surface area contributed by atoms with Gasteiger partial charge in [-0.05, 0) is 61.4 Å². The van der Waals surface area contributed by atoms with Gasteiger partial charge in [0.2, 0.25) is 15.9 Å². The van der Waals surface area contributed by atoms with Gasteiger partial charge in [-0.2, -0.15) is 4.31 Å². The molecule has 1 unspecified atom stereocenters. The first-order valence-corrected chi connectivity index (χ1v) is 18.3. The summed E-state index contributed by atoms with van der Waals surface area (Å²) in [6.45, 7) is 12.1. The number of nitrogens with zero attached hydrogens (tertiary/aromatic N) is 4. The van der Waals surface area contributed by atoms with Crippen LogP contribution in [0.5, 0.6) is 5.75 Å². The molecule has 0 bridgehead atoms. The number of phenols is 1. The van der Waals surface area contributed by atoms with Crippen molar-refractivity contribution in [3.8, 4) is 5.75 Å². The highest BCUT2D eigenvalue weighted by atomic mass is 32.2. The molecule has 1 fully saturated rings. The minimum absolute atomic E-state index is 0.00841. The monoisotopic (exact) mass is 685 g/mol. The number of sulfonamides is 1. The van der Waals surface area contributed by atoms with Crippen LogP contribution in [0.2, 0.25) is 0 Å². The van der Waals surface area contributed by atoms with Gasteiger partial charge in [-0.25, -0.2) is 18.2 Å². The number of benzene rings is 2. The van der Waals surface area contributed by atoms with Crippen molar-refractivity contribution in [2.24, 2.45) is 11.8 Å². The molecule has 3 amide bonds. The van der Waals surface area contributed by atoms with Crippen molar-refractivity contribution < 1.29 is 28.2 Å². The fourth-order valence-electron chi connectivity index (χ4n) is 5.86. The van der Waals surface area contributed by atoms with E-state index in [1.54, 1.807) is 16.7 Å². The Morgan fingerprint density at radius 1 is 1.06 bits per heavy atom. The zero-order valence-electron chi connectivity index (χ0n) is 28.0. The number of aryl methyl sites for hydroxylation is 2. The molecular formula is C34H47N5O6S2. The van der Waals surface area contributed by atoms with Crippen molar-refractivity contribution in [3.63, 3.8) is 0 Å². The quantitative estimate of drug-likeness (QED) is 0.218. The summed E-state index contributed by atoms with van der Waals surface area (Å²) in [6.07, 6.45) is -1.03. The van der Waals surface area contributed by atoms with Crippen LogP contribution in [0.4, 0.5) is 4.79 Å². The number of thiazole rings is 1. The predicted octanol–water partition coefficient (Wildman–Crippen LogP) is 4.16. The Labute approximate surface area is 282 Å². The van der Waals surface area contributed by atoms with Crippen LogP contribution in [0.25, 0.3) is 0 Å². The molecule has 2 aromatic carbocycles. The van der Waals surface area contributed by atoms with Crippen molar-refractivity contribution in [1.82, 2.24) is 24.4 Å². The van der Waals surface area contributed by atoms with Crippen molar-refractivity contribution in [2.75, 3.05) is 26.2 Å². The second-order valence-electron chi connectivity index (χ2n) is 13.0. The van der Waals surface area contributed by atoms with E-state index in [4.69, 9.17) is 0 Å². The Hall–Kier alpha value is -3.52. The molecule has 3 atom stereocenters. The highest BCUT2D eigenvalue weighted by Gasteiger charge is 2.40. The van der Waals surface area contributed by atoms with Gasteiger partial charge in [-0.1, -0.05) is 58.0 Å². The van der Waals surface area contributed by atoms with E-state index < -0.39 is 34.1 Å². The zero-order valence-corrected chi connectivity index (χ0v) is 29.6. The maximum atomic E-state index is 14.0. The van der Waals surface area contributed by atoms with Gasteiger partial charge < -0.3 is 25.3 Å². The Morgan fingerprint density at radius 2 is 1.77 bits per heavy atom. The number of carbonyl (C=O) groups is 2. The number of amides is 3.